The maximum absolute atomic E-state index is 12.4. The molecule has 1 fully saturated rings. The van der Waals surface area contributed by atoms with E-state index >= 15 is 0 Å². The number of aromatic hydroxyl groups is 1. The van der Waals surface area contributed by atoms with E-state index in [9.17, 15) is 9.90 Å². The molecule has 0 aliphatic carbocycles. The van der Waals surface area contributed by atoms with Crippen molar-refractivity contribution in [2.75, 3.05) is 33.8 Å². The van der Waals surface area contributed by atoms with Crippen LogP contribution in [0.4, 0.5) is 0 Å². The highest BCUT2D eigenvalue weighted by Crippen LogP contribution is 2.27. The Balaban J connectivity index is 2.17. The van der Waals surface area contributed by atoms with Crippen LogP contribution in [0, 0.1) is 0 Å². The third kappa shape index (κ3) is 2.81. The van der Waals surface area contributed by atoms with Crippen LogP contribution in [0.1, 0.15) is 17.3 Å². The Morgan fingerprint density at radius 1 is 1.42 bits per heavy atom. The number of phenolic OH excluding ortho intramolecular Hbond substituents is 1. The number of rotatable bonds is 2. The van der Waals surface area contributed by atoms with Crippen LogP contribution >= 0.6 is 0 Å². The molecule has 0 radical (unpaired) electrons. The summed E-state index contributed by atoms with van der Waals surface area (Å²) in [7, 11) is 3.54. The summed E-state index contributed by atoms with van der Waals surface area (Å²) in [5, 5.41) is 9.74. The minimum absolute atomic E-state index is 0.00451. The van der Waals surface area contributed by atoms with E-state index in [2.05, 4.69) is 11.9 Å². The largest absolute Gasteiger partial charge is 0.504 e. The topological polar surface area (TPSA) is 53.0 Å². The van der Waals surface area contributed by atoms with Crippen LogP contribution in [0.25, 0.3) is 0 Å². The smallest absolute Gasteiger partial charge is 0.254 e. The molecule has 0 spiro atoms. The van der Waals surface area contributed by atoms with Crippen LogP contribution in [0.5, 0.6) is 11.5 Å². The highest BCUT2D eigenvalue weighted by molar-refractivity contribution is 5.95. The molecule has 1 aromatic carbocycles. The summed E-state index contributed by atoms with van der Waals surface area (Å²) in [6, 6.07) is 4.94. The first-order valence-corrected chi connectivity index (χ1v) is 6.39. The summed E-state index contributed by atoms with van der Waals surface area (Å²) < 4.78 is 4.98. The maximum atomic E-state index is 12.4. The van der Waals surface area contributed by atoms with Gasteiger partial charge in [0.1, 0.15) is 0 Å². The average Bonchev–Trinajstić information content (AvgIpc) is 2.38. The Labute approximate surface area is 113 Å². The molecule has 0 saturated carbocycles. The number of likely N-dealkylation sites (N-methyl/N-ethyl adjacent to an activating group) is 1. The Hall–Kier alpha value is -1.75. The number of nitrogens with zero attached hydrogens (tertiary/aromatic N) is 2. The van der Waals surface area contributed by atoms with Crippen LogP contribution in [0.2, 0.25) is 0 Å². The third-order valence-electron chi connectivity index (χ3n) is 3.52. The molecule has 0 aromatic heterocycles. The van der Waals surface area contributed by atoms with Crippen molar-refractivity contribution >= 4 is 5.91 Å². The fraction of sp³-hybridized carbons (Fsp3) is 0.500. The quantitative estimate of drug-likeness (QED) is 0.871. The zero-order chi connectivity index (χ0) is 14.0. The molecule has 1 unspecified atom stereocenters. The standard InChI is InChI=1S/C14H20N2O3/c1-10-9-15(2)6-7-16(10)14(18)11-4-5-13(19-3)12(17)8-11/h4-5,8,10,17H,6-7,9H2,1-3H3. The number of carbonyl (C=O) groups excluding carboxylic acids is 1. The van der Waals surface area contributed by atoms with E-state index in [1.165, 1.54) is 13.2 Å². The third-order valence-corrected chi connectivity index (χ3v) is 3.52. The van der Waals surface area contributed by atoms with Gasteiger partial charge in [0.2, 0.25) is 0 Å². The van der Waals surface area contributed by atoms with E-state index in [0.29, 0.717) is 17.9 Å². The molecule has 1 N–H and O–H groups in total. The number of phenols is 1. The van der Waals surface area contributed by atoms with Gasteiger partial charge in [0.25, 0.3) is 5.91 Å². The second-order valence-electron chi connectivity index (χ2n) is 5.00. The van der Waals surface area contributed by atoms with Gasteiger partial charge in [-0.2, -0.15) is 0 Å². The molecule has 2 rings (SSSR count). The van der Waals surface area contributed by atoms with Gasteiger partial charge in [0.05, 0.1) is 7.11 Å². The second kappa shape index (κ2) is 5.48. The molecule has 1 aromatic rings. The predicted octanol–water partition coefficient (Wildman–Crippen LogP) is 1.18. The summed E-state index contributed by atoms with van der Waals surface area (Å²) in [6.45, 7) is 4.49. The monoisotopic (exact) mass is 264 g/mol. The van der Waals surface area contributed by atoms with Crippen LogP contribution in [0.15, 0.2) is 18.2 Å². The lowest BCUT2D eigenvalue weighted by atomic mass is 10.1. The van der Waals surface area contributed by atoms with Gasteiger partial charge in [0.15, 0.2) is 11.5 Å². The second-order valence-corrected chi connectivity index (χ2v) is 5.00. The van der Waals surface area contributed by atoms with Crippen molar-refractivity contribution in [1.82, 2.24) is 9.80 Å². The van der Waals surface area contributed by atoms with E-state index < -0.39 is 0 Å². The number of methoxy groups -OCH3 is 1. The van der Waals surface area contributed by atoms with Crippen molar-refractivity contribution in [2.45, 2.75) is 13.0 Å². The number of hydrogen-bond donors (Lipinski definition) is 1. The number of piperazine rings is 1. The maximum Gasteiger partial charge on any atom is 0.254 e. The molecule has 5 nitrogen and oxygen atoms in total. The van der Waals surface area contributed by atoms with Gasteiger partial charge in [-0.15, -0.1) is 0 Å². The molecular weight excluding hydrogens is 244 g/mol. The molecule has 0 bridgehead atoms. The van der Waals surface area contributed by atoms with Gasteiger partial charge in [-0.3, -0.25) is 4.79 Å². The van der Waals surface area contributed by atoms with Crippen molar-refractivity contribution in [3.05, 3.63) is 23.8 Å². The van der Waals surface area contributed by atoms with Gasteiger partial charge in [-0.25, -0.2) is 0 Å². The molecule has 1 saturated heterocycles. The van der Waals surface area contributed by atoms with E-state index in [4.69, 9.17) is 4.74 Å². The lowest BCUT2D eigenvalue weighted by Crippen LogP contribution is -2.52. The normalized spacial score (nSPS) is 20.4. The van der Waals surface area contributed by atoms with Crippen molar-refractivity contribution in [1.29, 1.82) is 0 Å². The summed E-state index contributed by atoms with van der Waals surface area (Å²) in [5.74, 6) is 0.330. The number of ether oxygens (including phenoxy) is 1. The highest BCUT2D eigenvalue weighted by Gasteiger charge is 2.26. The first-order chi connectivity index (χ1) is 9.02. The minimum Gasteiger partial charge on any atom is -0.504 e. The average molecular weight is 264 g/mol. The zero-order valence-corrected chi connectivity index (χ0v) is 11.6. The molecule has 104 valence electrons. The van der Waals surface area contributed by atoms with Gasteiger partial charge in [-0.05, 0) is 32.2 Å². The number of benzene rings is 1. The van der Waals surface area contributed by atoms with Gasteiger partial charge in [-0.1, -0.05) is 0 Å². The first kappa shape index (κ1) is 13.7. The SMILES string of the molecule is COc1ccc(C(=O)N2CCN(C)CC2C)cc1O. The molecule has 1 heterocycles. The van der Waals surface area contributed by atoms with Gasteiger partial charge in [0, 0.05) is 31.2 Å². The number of carbonyl (C=O) groups is 1. The Bertz CT molecular complexity index is 476. The van der Waals surface area contributed by atoms with E-state index in [-0.39, 0.29) is 17.7 Å². The number of amides is 1. The molecular formula is C14H20N2O3. The summed E-state index contributed by atoms with van der Waals surface area (Å²) in [5.41, 5.74) is 0.495. The highest BCUT2D eigenvalue weighted by atomic mass is 16.5. The Morgan fingerprint density at radius 2 is 2.16 bits per heavy atom. The fourth-order valence-electron chi connectivity index (χ4n) is 2.43. The van der Waals surface area contributed by atoms with Gasteiger partial charge >= 0.3 is 0 Å². The van der Waals surface area contributed by atoms with E-state index in [1.54, 1.807) is 12.1 Å². The van der Waals surface area contributed by atoms with Crippen molar-refractivity contribution < 1.29 is 14.6 Å². The summed E-state index contributed by atoms with van der Waals surface area (Å²) >= 11 is 0. The molecule has 5 heteroatoms. The molecule has 1 amide bonds. The zero-order valence-electron chi connectivity index (χ0n) is 11.6. The van der Waals surface area contributed by atoms with E-state index in [0.717, 1.165) is 13.1 Å². The molecule has 1 aliphatic heterocycles. The van der Waals surface area contributed by atoms with Crippen molar-refractivity contribution in [2.24, 2.45) is 0 Å². The first-order valence-electron chi connectivity index (χ1n) is 6.39. The van der Waals surface area contributed by atoms with Gasteiger partial charge < -0.3 is 19.6 Å². The predicted molar refractivity (Wildman–Crippen MR) is 72.7 cm³/mol. The van der Waals surface area contributed by atoms with Crippen LogP contribution < -0.4 is 4.74 Å². The summed E-state index contributed by atoms with van der Waals surface area (Å²) in [6.07, 6.45) is 0. The van der Waals surface area contributed by atoms with Crippen LogP contribution in [-0.4, -0.2) is 60.6 Å². The summed E-state index contributed by atoms with van der Waals surface area (Å²) in [4.78, 5) is 16.5. The van der Waals surface area contributed by atoms with Crippen molar-refractivity contribution in [3.63, 3.8) is 0 Å². The fourth-order valence-corrected chi connectivity index (χ4v) is 2.43. The Morgan fingerprint density at radius 3 is 2.74 bits per heavy atom. The molecule has 19 heavy (non-hydrogen) atoms. The number of hydrogen-bond acceptors (Lipinski definition) is 4. The lowest BCUT2D eigenvalue weighted by Gasteiger charge is -2.38. The lowest BCUT2D eigenvalue weighted by molar-refractivity contribution is 0.0533. The molecule has 1 atom stereocenters. The van der Waals surface area contributed by atoms with Crippen LogP contribution in [-0.2, 0) is 0 Å². The molecule has 1 aliphatic rings. The Kier molecular flexibility index (Phi) is 3.95. The minimum atomic E-state index is -0.0430. The van der Waals surface area contributed by atoms with Crippen molar-refractivity contribution in [3.8, 4) is 11.5 Å². The van der Waals surface area contributed by atoms with Crippen LogP contribution in [0.3, 0.4) is 0 Å². The van der Waals surface area contributed by atoms with E-state index in [1.807, 2.05) is 11.8 Å².